The van der Waals surface area contributed by atoms with Gasteiger partial charge in [0.25, 0.3) is 0 Å². The quantitative estimate of drug-likeness (QED) is 0.273. The fraction of sp³-hybridized carbons (Fsp3) is 0.172. The number of anilines is 2. The van der Waals surface area contributed by atoms with Crippen LogP contribution < -0.4 is 15.1 Å². The van der Waals surface area contributed by atoms with E-state index in [1.165, 1.54) is 10.6 Å². The van der Waals surface area contributed by atoms with E-state index in [-0.39, 0.29) is 12.2 Å². The maximum absolute atomic E-state index is 13.9. The number of amides is 3. The molecular weight excluding hydrogens is 611 g/mol. The molecule has 7 nitrogen and oxygen atoms in total. The molecule has 42 heavy (non-hydrogen) atoms. The van der Waals surface area contributed by atoms with Crippen molar-refractivity contribution < 1.29 is 27.6 Å². The Balaban J connectivity index is 1.42. The Morgan fingerprint density at radius 2 is 1.64 bits per heavy atom. The van der Waals surface area contributed by atoms with Gasteiger partial charge in [-0.3, -0.25) is 23.7 Å². The van der Waals surface area contributed by atoms with Gasteiger partial charge in [-0.25, -0.2) is 4.90 Å². The van der Waals surface area contributed by atoms with Gasteiger partial charge in [0.05, 0.1) is 22.2 Å². The number of aromatic nitrogens is 1. The summed E-state index contributed by atoms with van der Waals surface area (Å²) in [4.78, 5) is 54.6. The van der Waals surface area contributed by atoms with Gasteiger partial charge in [0.2, 0.25) is 17.7 Å². The number of nitrogens with zero attached hydrogens (tertiary/aromatic N) is 2. The van der Waals surface area contributed by atoms with E-state index in [0.29, 0.717) is 26.2 Å². The maximum Gasteiger partial charge on any atom is 0.416 e. The SMILES string of the molecule is O=C(Cn1c2c(sc1=O)[C@@H](c1ccc(Cl)cc1)C1C(=O)N(c3cccc(C(F)(F)F)c3)C(=O)C1S2)Nc1ccccc1. The second-order valence-electron chi connectivity index (χ2n) is 9.69. The molecule has 0 bridgehead atoms. The van der Waals surface area contributed by atoms with Crippen LogP contribution >= 0.6 is 34.7 Å². The van der Waals surface area contributed by atoms with Crippen LogP contribution in [0.4, 0.5) is 24.5 Å². The molecule has 3 heterocycles. The summed E-state index contributed by atoms with van der Waals surface area (Å²) in [6, 6.07) is 19.4. The molecule has 3 amide bonds. The Bertz CT molecular complexity index is 1770. The molecule has 6 rings (SSSR count). The molecule has 0 saturated carbocycles. The summed E-state index contributed by atoms with van der Waals surface area (Å²) in [5.41, 5.74) is -0.0350. The van der Waals surface area contributed by atoms with Gasteiger partial charge in [-0.15, -0.1) is 0 Å². The number of rotatable bonds is 5. The molecule has 2 aliphatic heterocycles. The number of nitrogens with one attached hydrogen (secondary N) is 1. The number of carbonyl (C=O) groups is 3. The lowest BCUT2D eigenvalue weighted by atomic mass is 9.83. The Morgan fingerprint density at radius 3 is 2.33 bits per heavy atom. The highest BCUT2D eigenvalue weighted by atomic mass is 35.5. The van der Waals surface area contributed by atoms with E-state index in [1.807, 2.05) is 0 Å². The third-order valence-electron chi connectivity index (χ3n) is 7.07. The van der Waals surface area contributed by atoms with Gasteiger partial charge in [-0.1, -0.05) is 71.1 Å². The van der Waals surface area contributed by atoms with E-state index in [1.54, 1.807) is 54.6 Å². The molecule has 1 fully saturated rings. The van der Waals surface area contributed by atoms with E-state index in [2.05, 4.69) is 5.32 Å². The first kappa shape index (κ1) is 28.3. The molecular formula is C29H19ClF3N3O4S2. The van der Waals surface area contributed by atoms with Gasteiger partial charge in [0.15, 0.2) is 0 Å². The molecule has 1 saturated heterocycles. The third-order valence-corrected chi connectivity index (χ3v) is 9.93. The van der Waals surface area contributed by atoms with Crippen LogP contribution in [0, 0.1) is 5.92 Å². The van der Waals surface area contributed by atoms with Crippen molar-refractivity contribution in [1.82, 2.24) is 4.57 Å². The topological polar surface area (TPSA) is 88.5 Å². The molecule has 214 valence electrons. The van der Waals surface area contributed by atoms with Crippen LogP contribution in [0.1, 0.15) is 21.9 Å². The highest BCUT2D eigenvalue weighted by Gasteiger charge is 2.57. The monoisotopic (exact) mass is 629 g/mol. The average Bonchev–Trinajstić information content (AvgIpc) is 3.40. The third kappa shape index (κ3) is 5.03. The number of benzene rings is 3. The van der Waals surface area contributed by atoms with Crippen LogP contribution in [0.15, 0.2) is 88.7 Å². The van der Waals surface area contributed by atoms with Crippen molar-refractivity contribution in [2.75, 3.05) is 10.2 Å². The number of hydrogen-bond donors (Lipinski definition) is 1. The van der Waals surface area contributed by atoms with E-state index < -0.39 is 51.4 Å². The van der Waals surface area contributed by atoms with Gasteiger partial charge >= 0.3 is 11.0 Å². The van der Waals surface area contributed by atoms with Crippen molar-refractivity contribution in [2.45, 2.75) is 28.9 Å². The Morgan fingerprint density at radius 1 is 0.929 bits per heavy atom. The Hall–Kier alpha value is -3.87. The molecule has 0 aliphatic carbocycles. The predicted octanol–water partition coefficient (Wildman–Crippen LogP) is 6.02. The minimum atomic E-state index is -4.67. The molecule has 2 unspecified atom stereocenters. The zero-order valence-corrected chi connectivity index (χ0v) is 23.7. The van der Waals surface area contributed by atoms with Crippen LogP contribution in [-0.4, -0.2) is 27.5 Å². The van der Waals surface area contributed by atoms with Gasteiger partial charge in [0, 0.05) is 21.5 Å². The summed E-state index contributed by atoms with van der Waals surface area (Å²) in [6.07, 6.45) is -4.67. The minimum absolute atomic E-state index is 0.187. The smallest absolute Gasteiger partial charge is 0.325 e. The fourth-order valence-corrected chi connectivity index (χ4v) is 8.13. The van der Waals surface area contributed by atoms with Crippen molar-refractivity contribution in [3.63, 3.8) is 0 Å². The number of thioether (sulfide) groups is 1. The number of para-hydroxylation sites is 1. The molecule has 0 spiro atoms. The number of imide groups is 1. The molecule has 1 N–H and O–H groups in total. The molecule has 3 atom stereocenters. The molecule has 0 radical (unpaired) electrons. The minimum Gasteiger partial charge on any atom is -0.325 e. The number of thiazole rings is 1. The lowest BCUT2D eigenvalue weighted by molar-refractivity contribution is -0.137. The second kappa shape index (κ2) is 10.8. The van der Waals surface area contributed by atoms with Crippen molar-refractivity contribution in [2.24, 2.45) is 5.92 Å². The van der Waals surface area contributed by atoms with E-state index >= 15 is 0 Å². The van der Waals surface area contributed by atoms with Crippen LogP contribution in [-0.2, 0) is 27.1 Å². The lowest BCUT2D eigenvalue weighted by Gasteiger charge is -2.30. The summed E-state index contributed by atoms with van der Waals surface area (Å²) in [6.45, 7) is -0.337. The van der Waals surface area contributed by atoms with E-state index in [0.717, 1.165) is 46.2 Å². The number of halogens is 4. The highest BCUT2D eigenvalue weighted by molar-refractivity contribution is 8.00. The molecule has 13 heteroatoms. The Labute approximate surface area is 249 Å². The van der Waals surface area contributed by atoms with Crippen molar-refractivity contribution in [1.29, 1.82) is 0 Å². The standard InChI is InChI=1S/C29H19ClF3N3O4S2/c30-17-11-9-15(10-12-17)21-22-23(26(39)36(25(22)38)19-8-4-5-16(13-19)29(31,32)33)41-27-24(21)42-28(40)35(27)14-20(37)34-18-6-2-1-3-7-18/h1-13,21-23H,14H2,(H,34,37)/t21-,22?,23?/m0/s1. The summed E-state index contributed by atoms with van der Waals surface area (Å²) < 4.78 is 41.6. The first-order chi connectivity index (χ1) is 20.0. The van der Waals surface area contributed by atoms with E-state index in [9.17, 15) is 32.3 Å². The average molecular weight is 630 g/mol. The first-order valence-corrected chi connectivity index (χ1v) is 14.7. The predicted molar refractivity (Wildman–Crippen MR) is 154 cm³/mol. The first-order valence-electron chi connectivity index (χ1n) is 12.6. The number of hydrogen-bond acceptors (Lipinski definition) is 6. The van der Waals surface area contributed by atoms with Gasteiger partial charge in [-0.05, 0) is 48.0 Å². The molecule has 4 aromatic rings. The second-order valence-corrected chi connectivity index (χ2v) is 12.3. The summed E-state index contributed by atoms with van der Waals surface area (Å²) in [5, 5.41) is 2.48. The number of fused-ring (bicyclic) bond motifs is 2. The van der Waals surface area contributed by atoms with Crippen LogP contribution in [0.25, 0.3) is 0 Å². The van der Waals surface area contributed by atoms with Crippen LogP contribution in [0.3, 0.4) is 0 Å². The Kier molecular flexibility index (Phi) is 7.24. The number of carbonyl (C=O) groups excluding carboxylic acids is 3. The zero-order chi connectivity index (χ0) is 29.8. The van der Waals surface area contributed by atoms with Gasteiger partial charge < -0.3 is 5.32 Å². The van der Waals surface area contributed by atoms with Crippen molar-refractivity contribution in [3.8, 4) is 0 Å². The van der Waals surface area contributed by atoms with Crippen LogP contribution in [0.5, 0.6) is 0 Å². The largest absolute Gasteiger partial charge is 0.416 e. The molecule has 1 aromatic heterocycles. The van der Waals surface area contributed by atoms with Crippen molar-refractivity contribution >= 4 is 63.8 Å². The number of alkyl halides is 3. The zero-order valence-electron chi connectivity index (χ0n) is 21.3. The van der Waals surface area contributed by atoms with Gasteiger partial charge in [-0.2, -0.15) is 13.2 Å². The van der Waals surface area contributed by atoms with E-state index in [4.69, 9.17) is 11.6 Å². The fourth-order valence-electron chi connectivity index (χ4n) is 5.23. The van der Waals surface area contributed by atoms with Crippen molar-refractivity contribution in [3.05, 3.63) is 110 Å². The highest BCUT2D eigenvalue weighted by Crippen LogP contribution is 2.54. The summed E-state index contributed by atoms with van der Waals surface area (Å²) in [7, 11) is 0. The summed E-state index contributed by atoms with van der Waals surface area (Å²) in [5.74, 6) is -3.61. The van der Waals surface area contributed by atoms with Crippen LogP contribution in [0.2, 0.25) is 5.02 Å². The van der Waals surface area contributed by atoms with Gasteiger partial charge in [0.1, 0.15) is 11.8 Å². The molecule has 2 aliphatic rings. The summed E-state index contributed by atoms with van der Waals surface area (Å²) >= 11 is 7.95. The molecule has 3 aromatic carbocycles. The maximum atomic E-state index is 13.9. The lowest BCUT2D eigenvalue weighted by Crippen LogP contribution is -2.33. The normalized spacial score (nSPS) is 19.9.